The zero-order chi connectivity index (χ0) is 13.5. The van der Waals surface area contributed by atoms with Crippen molar-refractivity contribution in [3.8, 4) is 0 Å². The van der Waals surface area contributed by atoms with E-state index in [-0.39, 0.29) is 6.10 Å². The molecule has 0 saturated heterocycles. The van der Waals surface area contributed by atoms with Gasteiger partial charge in [-0.2, -0.15) is 0 Å². The van der Waals surface area contributed by atoms with Crippen LogP contribution in [-0.4, -0.2) is 25.2 Å². The Morgan fingerprint density at radius 1 is 1.44 bits per heavy atom. The fraction of sp³-hybridized carbons (Fsp3) is 0.462. The second kappa shape index (κ2) is 6.86. The van der Waals surface area contributed by atoms with Gasteiger partial charge in [0.1, 0.15) is 0 Å². The highest BCUT2D eigenvalue weighted by Crippen LogP contribution is 2.18. The second-order valence-electron chi connectivity index (χ2n) is 4.37. The quantitative estimate of drug-likeness (QED) is 0.507. The van der Waals surface area contributed by atoms with Crippen molar-refractivity contribution in [2.45, 2.75) is 26.4 Å². The molecule has 0 radical (unpaired) electrons. The van der Waals surface area contributed by atoms with E-state index in [1.54, 1.807) is 18.2 Å². The predicted molar refractivity (Wildman–Crippen MR) is 73.6 cm³/mol. The standard InChI is InChI=1S/C13H21N3O2/c1-9(2)18-7-3-6-16-12-5-4-10(14)8-11(12)13(15)17/h4-5,8-9,16H,3,6-7,14H2,1-2H3,(H2,15,17). The van der Waals surface area contributed by atoms with Gasteiger partial charge in [0.25, 0.3) is 5.91 Å². The average Bonchev–Trinajstić information content (AvgIpc) is 2.29. The van der Waals surface area contributed by atoms with Gasteiger partial charge in [0.15, 0.2) is 0 Å². The maximum atomic E-state index is 11.3. The minimum atomic E-state index is -0.483. The van der Waals surface area contributed by atoms with Crippen LogP contribution in [0.1, 0.15) is 30.6 Å². The number of carbonyl (C=O) groups excluding carboxylic acids is 1. The van der Waals surface area contributed by atoms with Crippen LogP contribution < -0.4 is 16.8 Å². The number of hydrogen-bond acceptors (Lipinski definition) is 4. The first-order valence-corrected chi connectivity index (χ1v) is 6.05. The summed E-state index contributed by atoms with van der Waals surface area (Å²) in [7, 11) is 0. The van der Waals surface area contributed by atoms with E-state index in [1.165, 1.54) is 0 Å². The number of rotatable bonds is 7. The fourth-order valence-corrected chi connectivity index (χ4v) is 1.53. The van der Waals surface area contributed by atoms with Gasteiger partial charge in [-0.15, -0.1) is 0 Å². The number of nitrogen functional groups attached to an aromatic ring is 1. The van der Waals surface area contributed by atoms with Crippen LogP contribution in [0.4, 0.5) is 11.4 Å². The molecule has 18 heavy (non-hydrogen) atoms. The maximum Gasteiger partial charge on any atom is 0.250 e. The number of hydrogen-bond donors (Lipinski definition) is 3. The summed E-state index contributed by atoms with van der Waals surface area (Å²) in [5.74, 6) is -0.483. The van der Waals surface area contributed by atoms with Crippen LogP contribution in [0.5, 0.6) is 0 Å². The van der Waals surface area contributed by atoms with Gasteiger partial charge in [0.05, 0.1) is 11.7 Å². The van der Waals surface area contributed by atoms with E-state index < -0.39 is 5.91 Å². The molecule has 5 N–H and O–H groups in total. The van der Waals surface area contributed by atoms with Crippen molar-refractivity contribution in [3.63, 3.8) is 0 Å². The molecule has 0 aliphatic carbocycles. The molecule has 100 valence electrons. The highest BCUT2D eigenvalue weighted by Gasteiger charge is 2.07. The van der Waals surface area contributed by atoms with Crippen LogP contribution in [0.2, 0.25) is 0 Å². The van der Waals surface area contributed by atoms with E-state index in [0.29, 0.717) is 23.5 Å². The monoisotopic (exact) mass is 251 g/mol. The second-order valence-corrected chi connectivity index (χ2v) is 4.37. The first-order chi connectivity index (χ1) is 8.50. The zero-order valence-corrected chi connectivity index (χ0v) is 10.9. The molecule has 0 saturated carbocycles. The molecular formula is C13H21N3O2. The lowest BCUT2D eigenvalue weighted by atomic mass is 10.1. The minimum Gasteiger partial charge on any atom is -0.399 e. The summed E-state index contributed by atoms with van der Waals surface area (Å²) in [6.07, 6.45) is 1.10. The van der Waals surface area contributed by atoms with E-state index in [2.05, 4.69) is 5.32 Å². The Balaban J connectivity index is 2.49. The van der Waals surface area contributed by atoms with Crippen LogP contribution >= 0.6 is 0 Å². The molecule has 1 aromatic rings. The van der Waals surface area contributed by atoms with Crippen LogP contribution in [0.3, 0.4) is 0 Å². The molecule has 0 atom stereocenters. The van der Waals surface area contributed by atoms with Crippen LogP contribution in [0.25, 0.3) is 0 Å². The lowest BCUT2D eigenvalue weighted by molar-refractivity contribution is 0.0787. The highest BCUT2D eigenvalue weighted by molar-refractivity contribution is 5.99. The summed E-state index contributed by atoms with van der Waals surface area (Å²) in [5.41, 5.74) is 12.6. The smallest absolute Gasteiger partial charge is 0.250 e. The lowest BCUT2D eigenvalue weighted by Gasteiger charge is -2.11. The number of benzene rings is 1. The first-order valence-electron chi connectivity index (χ1n) is 6.05. The molecular weight excluding hydrogens is 230 g/mol. The van der Waals surface area contributed by atoms with Gasteiger partial charge in [-0.05, 0) is 38.5 Å². The normalized spacial score (nSPS) is 10.6. The van der Waals surface area contributed by atoms with Crippen molar-refractivity contribution in [2.24, 2.45) is 5.73 Å². The number of nitrogens with one attached hydrogen (secondary N) is 1. The SMILES string of the molecule is CC(C)OCCCNc1ccc(N)cc1C(N)=O. The molecule has 0 spiro atoms. The number of amides is 1. The van der Waals surface area contributed by atoms with Crippen molar-refractivity contribution in [1.82, 2.24) is 0 Å². The molecule has 1 aromatic carbocycles. The van der Waals surface area contributed by atoms with Crippen LogP contribution in [0.15, 0.2) is 18.2 Å². The predicted octanol–water partition coefficient (Wildman–Crippen LogP) is 1.59. The number of primary amides is 1. The topological polar surface area (TPSA) is 90.4 Å². The van der Waals surface area contributed by atoms with E-state index in [4.69, 9.17) is 16.2 Å². The van der Waals surface area contributed by atoms with E-state index >= 15 is 0 Å². The van der Waals surface area contributed by atoms with Gasteiger partial charge in [-0.1, -0.05) is 0 Å². The number of ether oxygens (including phenoxy) is 1. The fourth-order valence-electron chi connectivity index (χ4n) is 1.53. The van der Waals surface area contributed by atoms with E-state index in [1.807, 2.05) is 13.8 Å². The van der Waals surface area contributed by atoms with Gasteiger partial charge in [0, 0.05) is 24.5 Å². The zero-order valence-electron chi connectivity index (χ0n) is 10.9. The maximum absolute atomic E-state index is 11.3. The Labute approximate surface area is 107 Å². The van der Waals surface area contributed by atoms with Crippen molar-refractivity contribution >= 4 is 17.3 Å². The van der Waals surface area contributed by atoms with Crippen LogP contribution in [-0.2, 0) is 4.74 Å². The molecule has 0 aromatic heterocycles. The molecule has 5 heteroatoms. The number of anilines is 2. The highest BCUT2D eigenvalue weighted by atomic mass is 16.5. The third-order valence-electron chi connectivity index (χ3n) is 2.40. The van der Waals surface area contributed by atoms with Gasteiger partial charge in [-0.3, -0.25) is 4.79 Å². The van der Waals surface area contributed by atoms with Crippen LogP contribution in [0, 0.1) is 0 Å². The third kappa shape index (κ3) is 4.63. The molecule has 0 fully saturated rings. The number of carbonyl (C=O) groups is 1. The van der Waals surface area contributed by atoms with Crippen molar-refractivity contribution in [3.05, 3.63) is 23.8 Å². The molecule has 5 nitrogen and oxygen atoms in total. The Bertz CT molecular complexity index is 405. The summed E-state index contributed by atoms with van der Waals surface area (Å²) in [4.78, 5) is 11.3. The summed E-state index contributed by atoms with van der Waals surface area (Å²) in [6.45, 7) is 5.40. The molecule has 0 aliphatic heterocycles. The van der Waals surface area contributed by atoms with Gasteiger partial charge >= 0.3 is 0 Å². The summed E-state index contributed by atoms with van der Waals surface area (Å²) in [6, 6.07) is 5.08. The third-order valence-corrected chi connectivity index (χ3v) is 2.40. The average molecular weight is 251 g/mol. The lowest BCUT2D eigenvalue weighted by Crippen LogP contribution is -2.16. The summed E-state index contributed by atoms with van der Waals surface area (Å²) >= 11 is 0. The van der Waals surface area contributed by atoms with Crippen molar-refractivity contribution in [1.29, 1.82) is 0 Å². The molecule has 0 heterocycles. The molecule has 0 bridgehead atoms. The Hall–Kier alpha value is -1.75. The van der Waals surface area contributed by atoms with Gasteiger partial charge < -0.3 is 21.5 Å². The summed E-state index contributed by atoms with van der Waals surface area (Å²) < 4.78 is 5.42. The largest absolute Gasteiger partial charge is 0.399 e. The first kappa shape index (κ1) is 14.3. The molecule has 0 unspecified atom stereocenters. The minimum absolute atomic E-state index is 0.239. The molecule has 0 aliphatic rings. The number of nitrogens with two attached hydrogens (primary N) is 2. The Morgan fingerprint density at radius 2 is 2.17 bits per heavy atom. The molecule has 1 amide bonds. The summed E-state index contributed by atoms with van der Waals surface area (Å²) in [5, 5.41) is 3.16. The van der Waals surface area contributed by atoms with E-state index in [0.717, 1.165) is 13.0 Å². The van der Waals surface area contributed by atoms with Crippen molar-refractivity contribution < 1.29 is 9.53 Å². The Morgan fingerprint density at radius 3 is 2.78 bits per heavy atom. The molecule has 1 rings (SSSR count). The van der Waals surface area contributed by atoms with Gasteiger partial charge in [-0.25, -0.2) is 0 Å². The van der Waals surface area contributed by atoms with Crippen molar-refractivity contribution in [2.75, 3.05) is 24.2 Å². The Kier molecular flexibility index (Phi) is 5.45. The van der Waals surface area contributed by atoms with Gasteiger partial charge in [0.2, 0.25) is 0 Å². The van der Waals surface area contributed by atoms with E-state index in [9.17, 15) is 4.79 Å².